The van der Waals surface area contributed by atoms with E-state index in [1.165, 1.54) is 5.56 Å². The number of nitrogens with one attached hydrogen (secondary N) is 1. The molecule has 2 aliphatic rings. The van der Waals surface area contributed by atoms with Crippen molar-refractivity contribution in [2.45, 2.75) is 49.2 Å². The molecule has 0 radical (unpaired) electrons. The minimum atomic E-state index is -0.817. The summed E-state index contributed by atoms with van der Waals surface area (Å²) in [5.74, 6) is 0.535. The van der Waals surface area contributed by atoms with Gasteiger partial charge in [-0.2, -0.15) is 0 Å². The van der Waals surface area contributed by atoms with Crippen LogP contribution in [0.3, 0.4) is 0 Å². The maximum Gasteiger partial charge on any atom is 0.112 e. The summed E-state index contributed by atoms with van der Waals surface area (Å²) < 4.78 is 0. The van der Waals surface area contributed by atoms with E-state index in [0.29, 0.717) is 32.0 Å². The summed E-state index contributed by atoms with van der Waals surface area (Å²) in [6.45, 7) is 2.32. The largest absolute Gasteiger partial charge is 0.389 e. The van der Waals surface area contributed by atoms with Crippen LogP contribution in [-0.4, -0.2) is 57.6 Å². The van der Waals surface area contributed by atoms with Crippen LogP contribution >= 0.6 is 0 Å². The van der Waals surface area contributed by atoms with Gasteiger partial charge in [-0.1, -0.05) is 30.3 Å². The molecule has 0 unspecified atom stereocenters. The highest BCUT2D eigenvalue weighted by Crippen LogP contribution is 2.38. The number of nitrogens with zero attached hydrogens (tertiary/aromatic N) is 3. The van der Waals surface area contributed by atoms with Crippen LogP contribution in [0.2, 0.25) is 0 Å². The van der Waals surface area contributed by atoms with E-state index < -0.39 is 11.2 Å². The fourth-order valence-corrected chi connectivity index (χ4v) is 5.35. The summed E-state index contributed by atoms with van der Waals surface area (Å²) in [5, 5.41) is 25.6. The number of aromatic nitrogens is 2. The van der Waals surface area contributed by atoms with Gasteiger partial charge in [-0.3, -0.25) is 9.97 Å². The summed E-state index contributed by atoms with van der Waals surface area (Å²) in [6.07, 6.45) is 7.86. The average Bonchev–Trinajstić information content (AvgIpc) is 3.21. The lowest BCUT2D eigenvalue weighted by Gasteiger charge is -2.37. The predicted molar refractivity (Wildman–Crippen MR) is 127 cm³/mol. The van der Waals surface area contributed by atoms with Gasteiger partial charge >= 0.3 is 0 Å². The minimum absolute atomic E-state index is 0.477. The number of benzene rings is 1. The highest BCUT2D eigenvalue weighted by atomic mass is 16.3. The molecule has 1 saturated heterocycles. The summed E-state index contributed by atoms with van der Waals surface area (Å²) in [5.41, 5.74) is 2.63. The molecule has 1 aromatic carbocycles. The molecule has 32 heavy (non-hydrogen) atoms. The Kier molecular flexibility index (Phi) is 5.84. The normalized spacial score (nSPS) is 28.3. The van der Waals surface area contributed by atoms with Gasteiger partial charge in [0.05, 0.1) is 22.4 Å². The molecular weight excluding hydrogens is 400 g/mol. The lowest BCUT2D eigenvalue weighted by molar-refractivity contribution is -0.00750. The van der Waals surface area contributed by atoms with Crippen molar-refractivity contribution in [2.24, 2.45) is 0 Å². The van der Waals surface area contributed by atoms with Gasteiger partial charge in [0.25, 0.3) is 0 Å². The Morgan fingerprint density at radius 3 is 2.47 bits per heavy atom. The van der Waals surface area contributed by atoms with Gasteiger partial charge in [-0.15, -0.1) is 0 Å². The van der Waals surface area contributed by atoms with Gasteiger partial charge < -0.3 is 20.4 Å². The van der Waals surface area contributed by atoms with Crippen LogP contribution in [0.1, 0.15) is 43.6 Å². The van der Waals surface area contributed by atoms with E-state index in [1.807, 2.05) is 18.2 Å². The third-order valence-corrected chi connectivity index (χ3v) is 7.24. The zero-order valence-corrected chi connectivity index (χ0v) is 18.5. The van der Waals surface area contributed by atoms with Crippen molar-refractivity contribution in [3.63, 3.8) is 0 Å². The molecule has 2 fully saturated rings. The molecular formula is C26H32N4O2. The SMILES string of the molecule is OC1(CNC[C@]2(O)CCN(c3ccnc4cccnc34)C2)CCC(c2ccccc2)CC1. The zero-order chi connectivity index (χ0) is 22.0. The second kappa shape index (κ2) is 8.77. The molecule has 1 aliphatic heterocycles. The highest BCUT2D eigenvalue weighted by Gasteiger charge is 2.38. The molecule has 0 spiro atoms. The van der Waals surface area contributed by atoms with Gasteiger partial charge in [-0.05, 0) is 61.8 Å². The van der Waals surface area contributed by atoms with Crippen molar-refractivity contribution in [3.8, 4) is 0 Å². The molecule has 0 bridgehead atoms. The predicted octanol–water partition coefficient (Wildman–Crippen LogP) is 3.25. The highest BCUT2D eigenvalue weighted by molar-refractivity contribution is 5.87. The summed E-state index contributed by atoms with van der Waals surface area (Å²) in [6, 6.07) is 16.4. The first-order valence-corrected chi connectivity index (χ1v) is 11.7. The van der Waals surface area contributed by atoms with Gasteiger partial charge in [-0.25, -0.2) is 0 Å². The van der Waals surface area contributed by atoms with E-state index in [9.17, 15) is 10.2 Å². The molecule has 3 heterocycles. The molecule has 1 saturated carbocycles. The summed E-state index contributed by atoms with van der Waals surface area (Å²) in [4.78, 5) is 11.1. The number of rotatable bonds is 6. The van der Waals surface area contributed by atoms with Crippen molar-refractivity contribution in [1.29, 1.82) is 0 Å². The molecule has 6 heteroatoms. The van der Waals surface area contributed by atoms with Gasteiger partial charge in [0.15, 0.2) is 0 Å². The standard InChI is InChI=1S/C26H32N4O2/c31-25(11-8-21(9-12-25)20-5-2-1-3-6-20)17-27-18-26(32)13-16-30(19-26)23-10-15-28-22-7-4-14-29-24(22)23/h1-7,10,14-15,21,27,31-32H,8-9,11-13,16-19H2/t21?,25?,26-/m1/s1. The molecule has 1 aliphatic carbocycles. The number of aliphatic hydroxyl groups is 2. The molecule has 0 amide bonds. The fourth-order valence-electron chi connectivity index (χ4n) is 5.35. The lowest BCUT2D eigenvalue weighted by atomic mass is 9.76. The molecule has 168 valence electrons. The fraction of sp³-hybridized carbons (Fsp3) is 0.462. The quantitative estimate of drug-likeness (QED) is 0.555. The van der Waals surface area contributed by atoms with Crippen LogP contribution in [0.25, 0.3) is 11.0 Å². The molecule has 2 aromatic heterocycles. The van der Waals surface area contributed by atoms with E-state index in [-0.39, 0.29) is 0 Å². The Balaban J connectivity index is 1.15. The third-order valence-electron chi connectivity index (χ3n) is 7.24. The molecule has 6 nitrogen and oxygen atoms in total. The first-order valence-electron chi connectivity index (χ1n) is 11.7. The first kappa shape index (κ1) is 21.3. The number of pyridine rings is 2. The minimum Gasteiger partial charge on any atom is -0.389 e. The Morgan fingerprint density at radius 1 is 0.875 bits per heavy atom. The molecule has 1 atom stereocenters. The maximum atomic E-state index is 11.2. The van der Waals surface area contributed by atoms with E-state index >= 15 is 0 Å². The molecule has 5 rings (SSSR count). The molecule has 3 aromatic rings. The Labute approximate surface area is 189 Å². The van der Waals surface area contributed by atoms with Crippen LogP contribution < -0.4 is 10.2 Å². The average molecular weight is 433 g/mol. The second-order valence-corrected chi connectivity index (χ2v) is 9.61. The van der Waals surface area contributed by atoms with Crippen molar-refractivity contribution in [2.75, 3.05) is 31.1 Å². The maximum absolute atomic E-state index is 11.2. The van der Waals surface area contributed by atoms with Gasteiger partial charge in [0, 0.05) is 38.6 Å². The number of hydrogen-bond acceptors (Lipinski definition) is 6. The van der Waals surface area contributed by atoms with Crippen LogP contribution in [0.15, 0.2) is 60.9 Å². The Bertz CT molecular complexity index is 1050. The number of hydrogen-bond donors (Lipinski definition) is 3. The smallest absolute Gasteiger partial charge is 0.112 e. The van der Waals surface area contributed by atoms with Crippen molar-refractivity contribution in [1.82, 2.24) is 15.3 Å². The van der Waals surface area contributed by atoms with E-state index in [1.54, 1.807) is 12.4 Å². The van der Waals surface area contributed by atoms with E-state index in [2.05, 4.69) is 50.5 Å². The Hall–Kier alpha value is -2.54. The number of β-amino-alcohol motifs (C(OH)–C–C–N with tert-alkyl or cyclic N) is 1. The topological polar surface area (TPSA) is 81.5 Å². The zero-order valence-electron chi connectivity index (χ0n) is 18.5. The van der Waals surface area contributed by atoms with Crippen LogP contribution in [-0.2, 0) is 0 Å². The monoisotopic (exact) mass is 432 g/mol. The Morgan fingerprint density at radius 2 is 1.66 bits per heavy atom. The summed E-state index contributed by atoms with van der Waals surface area (Å²) in [7, 11) is 0. The lowest BCUT2D eigenvalue weighted by Crippen LogP contribution is -2.49. The second-order valence-electron chi connectivity index (χ2n) is 9.61. The number of fused-ring (bicyclic) bond motifs is 1. The van der Waals surface area contributed by atoms with Crippen LogP contribution in [0, 0.1) is 0 Å². The van der Waals surface area contributed by atoms with Crippen molar-refractivity contribution >= 4 is 16.7 Å². The van der Waals surface area contributed by atoms with E-state index in [0.717, 1.165) is 48.9 Å². The summed E-state index contributed by atoms with van der Waals surface area (Å²) >= 11 is 0. The van der Waals surface area contributed by atoms with Crippen molar-refractivity contribution in [3.05, 3.63) is 66.5 Å². The van der Waals surface area contributed by atoms with Gasteiger partial charge in [0.1, 0.15) is 5.52 Å². The van der Waals surface area contributed by atoms with Crippen LogP contribution in [0.5, 0.6) is 0 Å². The van der Waals surface area contributed by atoms with Crippen molar-refractivity contribution < 1.29 is 10.2 Å². The first-order chi connectivity index (χ1) is 15.5. The molecule has 3 N–H and O–H groups in total. The van der Waals surface area contributed by atoms with E-state index in [4.69, 9.17) is 0 Å². The van der Waals surface area contributed by atoms with Gasteiger partial charge in [0.2, 0.25) is 0 Å². The third kappa shape index (κ3) is 4.49. The number of anilines is 1. The van der Waals surface area contributed by atoms with Crippen LogP contribution in [0.4, 0.5) is 5.69 Å².